The molecule has 3 aromatic rings. The molecule has 0 unspecified atom stereocenters. The fraction of sp³-hybridized carbons (Fsp3) is 0.333. The van der Waals surface area contributed by atoms with Crippen molar-refractivity contribution in [1.82, 2.24) is 5.32 Å². The highest BCUT2D eigenvalue weighted by atomic mass is 35.5. The summed E-state index contributed by atoms with van der Waals surface area (Å²) in [6.07, 6.45) is 4.32. The number of hydrogen-bond donors (Lipinski definition) is 1. The summed E-state index contributed by atoms with van der Waals surface area (Å²) in [5.41, 5.74) is 1.53. The van der Waals surface area contributed by atoms with Gasteiger partial charge in [0.15, 0.2) is 6.10 Å². The second-order valence-corrected chi connectivity index (χ2v) is 10.1. The first-order valence-corrected chi connectivity index (χ1v) is 13.4. The molecule has 0 spiro atoms. The van der Waals surface area contributed by atoms with Crippen LogP contribution in [0.25, 0.3) is 0 Å². The Kier molecular flexibility index (Phi) is 8.34. The van der Waals surface area contributed by atoms with Crippen LogP contribution >= 0.6 is 11.6 Å². The Morgan fingerprint density at radius 2 is 1.58 bits per heavy atom. The van der Waals surface area contributed by atoms with Crippen LogP contribution in [0.4, 0.5) is 15.3 Å². The van der Waals surface area contributed by atoms with E-state index in [1.54, 1.807) is 41.3 Å². The van der Waals surface area contributed by atoms with Crippen LogP contribution in [-0.4, -0.2) is 31.4 Å². The third kappa shape index (κ3) is 6.40. The zero-order valence-corrected chi connectivity index (χ0v) is 21.8. The molecule has 1 aliphatic carbocycles. The van der Waals surface area contributed by atoms with Gasteiger partial charge in [-0.3, -0.25) is 4.90 Å². The fourth-order valence-corrected chi connectivity index (χ4v) is 5.20. The lowest BCUT2D eigenvalue weighted by atomic mass is 9.89. The predicted molar refractivity (Wildman–Crippen MR) is 146 cm³/mol. The van der Waals surface area contributed by atoms with Gasteiger partial charge in [-0.15, -0.1) is 0 Å². The molecule has 0 aromatic heterocycles. The summed E-state index contributed by atoms with van der Waals surface area (Å²) in [5, 5.41) is 3.51. The van der Waals surface area contributed by atoms with Crippen molar-refractivity contribution in [2.24, 2.45) is 5.92 Å². The molecule has 1 N–H and O–H groups in total. The number of ether oxygens (including phenoxy) is 3. The first-order valence-electron chi connectivity index (χ1n) is 13.1. The molecule has 38 heavy (non-hydrogen) atoms. The van der Waals surface area contributed by atoms with E-state index in [9.17, 15) is 9.59 Å². The Hall–Kier alpha value is -3.71. The van der Waals surface area contributed by atoms with Gasteiger partial charge in [-0.1, -0.05) is 61.2 Å². The van der Waals surface area contributed by atoms with Gasteiger partial charge in [-0.2, -0.15) is 0 Å². The van der Waals surface area contributed by atoms with Crippen molar-refractivity contribution >= 4 is 29.5 Å². The van der Waals surface area contributed by atoms with Gasteiger partial charge in [0.2, 0.25) is 0 Å². The van der Waals surface area contributed by atoms with Gasteiger partial charge in [0, 0.05) is 17.3 Å². The fourth-order valence-electron chi connectivity index (χ4n) is 5.08. The summed E-state index contributed by atoms with van der Waals surface area (Å²) in [6.45, 7) is 0.567. The van der Waals surface area contributed by atoms with Crippen molar-refractivity contribution in [3.8, 4) is 11.5 Å². The Morgan fingerprint density at radius 3 is 2.26 bits per heavy atom. The summed E-state index contributed by atoms with van der Waals surface area (Å²) in [4.78, 5) is 27.1. The van der Waals surface area contributed by atoms with Crippen LogP contribution in [0.15, 0.2) is 78.9 Å². The van der Waals surface area contributed by atoms with Gasteiger partial charge in [-0.05, 0) is 72.9 Å². The molecular weight excluding hydrogens is 504 g/mol. The number of nitrogens with zero attached hydrogens (tertiary/aromatic N) is 1. The van der Waals surface area contributed by atoms with Crippen molar-refractivity contribution in [3.05, 3.63) is 89.4 Å². The van der Waals surface area contributed by atoms with Crippen LogP contribution in [0.1, 0.15) is 43.7 Å². The maximum Gasteiger partial charge on any atom is 0.415 e. The smallest absolute Gasteiger partial charge is 0.415 e. The molecule has 8 heteroatoms. The molecule has 5 rings (SSSR count). The molecule has 3 aromatic carbocycles. The molecule has 7 nitrogen and oxygen atoms in total. The Labute approximate surface area is 227 Å². The molecular formula is C30H31ClN2O5. The first-order chi connectivity index (χ1) is 18.6. The van der Waals surface area contributed by atoms with E-state index >= 15 is 0 Å². The number of rotatable bonds is 8. The van der Waals surface area contributed by atoms with Crippen molar-refractivity contribution in [2.45, 2.75) is 44.2 Å². The number of anilines is 1. The number of hydrogen-bond acceptors (Lipinski definition) is 5. The van der Waals surface area contributed by atoms with Crippen LogP contribution in [0.5, 0.6) is 11.5 Å². The van der Waals surface area contributed by atoms with Gasteiger partial charge < -0.3 is 19.5 Å². The van der Waals surface area contributed by atoms with Crippen molar-refractivity contribution < 1.29 is 23.8 Å². The summed E-state index contributed by atoms with van der Waals surface area (Å²) in [6, 6.07) is 23.4. The zero-order valence-electron chi connectivity index (χ0n) is 21.1. The average molecular weight is 535 g/mol. The Balaban J connectivity index is 1.27. The van der Waals surface area contributed by atoms with Crippen LogP contribution < -0.4 is 15.0 Å². The third-order valence-corrected chi connectivity index (χ3v) is 7.28. The molecule has 1 aliphatic heterocycles. The lowest BCUT2D eigenvalue weighted by Crippen LogP contribution is -2.35. The van der Waals surface area contributed by atoms with Crippen LogP contribution in [0.2, 0.25) is 5.02 Å². The molecule has 1 saturated carbocycles. The minimum absolute atomic E-state index is 0.0456. The van der Waals surface area contributed by atoms with Crippen LogP contribution in [0, 0.1) is 5.92 Å². The number of halogens is 1. The van der Waals surface area contributed by atoms with Crippen molar-refractivity contribution in [3.63, 3.8) is 0 Å². The highest BCUT2D eigenvalue weighted by molar-refractivity contribution is 6.30. The Morgan fingerprint density at radius 1 is 0.921 bits per heavy atom. The molecule has 0 bridgehead atoms. The third-order valence-electron chi connectivity index (χ3n) is 7.02. The number of amides is 2. The summed E-state index contributed by atoms with van der Waals surface area (Å²) in [5.74, 6) is 1.78. The molecule has 198 valence electrons. The first kappa shape index (κ1) is 25.9. The maximum atomic E-state index is 13.1. The van der Waals surface area contributed by atoms with E-state index < -0.39 is 24.3 Å². The van der Waals surface area contributed by atoms with Gasteiger partial charge in [0.1, 0.15) is 24.1 Å². The summed E-state index contributed by atoms with van der Waals surface area (Å²) >= 11 is 5.95. The van der Waals surface area contributed by atoms with Gasteiger partial charge in [0.25, 0.3) is 0 Å². The standard InChI is InChI=1S/C30H31ClN2O5/c31-23-11-15-25(16-12-23)37-26-17-13-24(14-18-26)33-28(22-9-5-2-6-10-22)27(38-30(33)35)20-36-29(34)32-19-21-7-3-1-4-8-21/h2,5-6,9-18,21,27-28H,1,3-4,7-8,19-20H2,(H,32,34)/t27-,28-/m0/s1. The SMILES string of the molecule is O=C(NCC1CCCCC1)OC[C@@H]1OC(=O)N(c2ccc(Oc3ccc(Cl)cc3)cc2)[C@H]1c1ccccc1. The van der Waals surface area contributed by atoms with Gasteiger partial charge >= 0.3 is 12.2 Å². The Bertz CT molecular complexity index is 1210. The van der Waals surface area contributed by atoms with E-state index in [1.165, 1.54) is 19.3 Å². The number of benzene rings is 3. The highest BCUT2D eigenvalue weighted by Gasteiger charge is 2.44. The largest absolute Gasteiger partial charge is 0.457 e. The zero-order chi connectivity index (χ0) is 26.3. The predicted octanol–water partition coefficient (Wildman–Crippen LogP) is 7.51. The molecule has 2 aliphatic rings. The lowest BCUT2D eigenvalue weighted by Gasteiger charge is -2.25. The molecule has 0 radical (unpaired) electrons. The van der Waals surface area contributed by atoms with E-state index in [1.807, 2.05) is 42.5 Å². The number of carbonyl (C=O) groups excluding carboxylic acids is 2. The normalized spacial score (nSPS) is 19.6. The molecule has 2 atom stereocenters. The van der Waals surface area contributed by atoms with E-state index in [4.69, 9.17) is 25.8 Å². The minimum Gasteiger partial charge on any atom is -0.457 e. The minimum atomic E-state index is -0.657. The van der Waals surface area contributed by atoms with Gasteiger partial charge in [0.05, 0.1) is 0 Å². The van der Waals surface area contributed by atoms with E-state index in [0.29, 0.717) is 34.7 Å². The maximum absolute atomic E-state index is 13.1. The monoisotopic (exact) mass is 534 g/mol. The van der Waals surface area contributed by atoms with Crippen molar-refractivity contribution in [2.75, 3.05) is 18.1 Å². The van der Waals surface area contributed by atoms with E-state index in [-0.39, 0.29) is 6.61 Å². The van der Waals surface area contributed by atoms with E-state index in [0.717, 1.165) is 18.4 Å². The number of cyclic esters (lactones) is 1. The van der Waals surface area contributed by atoms with E-state index in [2.05, 4.69) is 5.32 Å². The number of alkyl carbamates (subject to hydrolysis) is 1. The van der Waals surface area contributed by atoms with Crippen molar-refractivity contribution in [1.29, 1.82) is 0 Å². The average Bonchev–Trinajstić information content (AvgIpc) is 3.29. The van der Waals surface area contributed by atoms with Gasteiger partial charge in [-0.25, -0.2) is 9.59 Å². The second kappa shape index (κ2) is 12.2. The molecule has 1 heterocycles. The number of nitrogens with one attached hydrogen (secondary N) is 1. The topological polar surface area (TPSA) is 77.1 Å². The molecule has 2 fully saturated rings. The quantitative estimate of drug-likeness (QED) is 0.323. The lowest BCUT2D eigenvalue weighted by molar-refractivity contribution is 0.0621. The van der Waals surface area contributed by atoms with Crippen LogP contribution in [0.3, 0.4) is 0 Å². The summed E-state index contributed by atoms with van der Waals surface area (Å²) in [7, 11) is 0. The highest BCUT2D eigenvalue weighted by Crippen LogP contribution is 2.38. The van der Waals surface area contributed by atoms with Crippen LogP contribution in [-0.2, 0) is 9.47 Å². The summed E-state index contributed by atoms with van der Waals surface area (Å²) < 4.78 is 17.1. The second-order valence-electron chi connectivity index (χ2n) is 9.68. The number of carbonyl (C=O) groups is 2. The molecule has 2 amide bonds. The molecule has 1 saturated heterocycles.